The molecule has 1 aromatic carbocycles. The van der Waals surface area contributed by atoms with Crippen molar-refractivity contribution in [1.82, 2.24) is 9.59 Å². The molecule has 2 aromatic rings. The first-order valence-corrected chi connectivity index (χ1v) is 7.14. The maximum atomic E-state index is 5.72. The van der Waals surface area contributed by atoms with E-state index in [9.17, 15) is 0 Å². The van der Waals surface area contributed by atoms with Crippen molar-refractivity contribution in [2.75, 3.05) is 12.4 Å². The Morgan fingerprint density at radius 2 is 2.06 bits per heavy atom. The Morgan fingerprint density at radius 3 is 2.71 bits per heavy atom. The first kappa shape index (κ1) is 12.8. The number of hydrogen-bond acceptors (Lipinski definition) is 5. The van der Waals surface area contributed by atoms with E-state index in [2.05, 4.69) is 46.8 Å². The Labute approximate surface area is 120 Å². The molecular weight excluding hydrogens is 370 g/mol. The monoisotopic (exact) mass is 377 g/mol. The Bertz CT molecular complexity index is 498. The van der Waals surface area contributed by atoms with E-state index < -0.39 is 0 Å². The molecule has 1 N–H and O–H groups in total. The van der Waals surface area contributed by atoms with Gasteiger partial charge in [-0.15, -0.1) is 5.10 Å². The minimum atomic E-state index is 0.383. The van der Waals surface area contributed by atoms with Gasteiger partial charge in [0.1, 0.15) is 23.1 Å². The van der Waals surface area contributed by atoms with Gasteiger partial charge < -0.3 is 10.1 Å². The number of nitrogens with zero attached hydrogens (tertiary/aromatic N) is 2. The summed E-state index contributed by atoms with van der Waals surface area (Å²) in [5.41, 5.74) is 0.806. The number of hydrogen-bond donors (Lipinski definition) is 1. The molecule has 0 amide bonds. The van der Waals surface area contributed by atoms with E-state index in [1.54, 1.807) is 0 Å². The quantitative estimate of drug-likeness (QED) is 0.881. The molecule has 90 valence electrons. The van der Waals surface area contributed by atoms with Crippen LogP contribution in [0.4, 0.5) is 5.00 Å². The highest BCUT2D eigenvalue weighted by Crippen LogP contribution is 2.33. The lowest BCUT2D eigenvalue weighted by molar-refractivity contribution is 0.298. The average Bonchev–Trinajstić information content (AvgIpc) is 2.76. The molecule has 0 unspecified atom stereocenters. The molecule has 7 heteroatoms. The summed E-state index contributed by atoms with van der Waals surface area (Å²) in [6.45, 7) is 0.383. The van der Waals surface area contributed by atoms with Gasteiger partial charge in [0.05, 0.1) is 8.95 Å². The van der Waals surface area contributed by atoms with Crippen LogP contribution in [0.25, 0.3) is 0 Å². The number of nitrogens with one attached hydrogen (secondary N) is 1. The summed E-state index contributed by atoms with van der Waals surface area (Å²) in [5, 5.41) is 7.97. The third kappa shape index (κ3) is 2.97. The highest BCUT2D eigenvalue weighted by Gasteiger charge is 2.10. The molecule has 0 atom stereocenters. The SMILES string of the molecule is CNc1snnc1COc1c(Br)cccc1Br. The third-order valence-electron chi connectivity index (χ3n) is 2.05. The fourth-order valence-corrected chi connectivity index (χ4v) is 3.00. The van der Waals surface area contributed by atoms with Crippen molar-refractivity contribution in [3.63, 3.8) is 0 Å². The van der Waals surface area contributed by atoms with Crippen LogP contribution in [0.5, 0.6) is 5.75 Å². The molecule has 1 heterocycles. The van der Waals surface area contributed by atoms with Crippen molar-refractivity contribution in [2.45, 2.75) is 6.61 Å². The van der Waals surface area contributed by atoms with Crippen molar-refractivity contribution in [1.29, 1.82) is 0 Å². The van der Waals surface area contributed by atoms with Crippen molar-refractivity contribution < 1.29 is 4.74 Å². The minimum Gasteiger partial charge on any atom is -0.485 e. The molecular formula is C10H9Br2N3OS. The number of aromatic nitrogens is 2. The van der Waals surface area contributed by atoms with Crippen LogP contribution < -0.4 is 10.1 Å². The molecule has 0 bridgehead atoms. The normalized spacial score (nSPS) is 10.3. The van der Waals surface area contributed by atoms with Crippen molar-refractivity contribution in [3.8, 4) is 5.75 Å². The predicted molar refractivity (Wildman–Crippen MR) is 75.6 cm³/mol. The average molecular weight is 379 g/mol. The number of benzene rings is 1. The molecule has 1 aromatic heterocycles. The topological polar surface area (TPSA) is 47.0 Å². The van der Waals surface area contributed by atoms with E-state index in [-0.39, 0.29) is 0 Å². The lowest BCUT2D eigenvalue weighted by atomic mass is 10.3. The minimum absolute atomic E-state index is 0.383. The van der Waals surface area contributed by atoms with Crippen LogP contribution in [-0.4, -0.2) is 16.6 Å². The van der Waals surface area contributed by atoms with Gasteiger partial charge in [0.2, 0.25) is 0 Å². The molecule has 0 fully saturated rings. The summed E-state index contributed by atoms with van der Waals surface area (Å²) >= 11 is 8.20. The van der Waals surface area contributed by atoms with Crippen molar-refractivity contribution in [3.05, 3.63) is 32.8 Å². The Balaban J connectivity index is 2.13. The van der Waals surface area contributed by atoms with Crippen LogP contribution in [0, 0.1) is 0 Å². The predicted octanol–water partition coefficient (Wildman–Crippen LogP) is 3.68. The zero-order valence-electron chi connectivity index (χ0n) is 8.91. The molecule has 0 spiro atoms. The van der Waals surface area contributed by atoms with E-state index in [0.717, 1.165) is 25.4 Å². The highest BCUT2D eigenvalue weighted by atomic mass is 79.9. The molecule has 0 saturated heterocycles. The number of anilines is 1. The molecule has 4 nitrogen and oxygen atoms in total. The van der Waals surface area contributed by atoms with Crippen LogP contribution in [0.15, 0.2) is 27.1 Å². The summed E-state index contributed by atoms with van der Waals surface area (Å²) in [6, 6.07) is 5.79. The van der Waals surface area contributed by atoms with Gasteiger partial charge >= 0.3 is 0 Å². The summed E-state index contributed by atoms with van der Waals surface area (Å²) in [6.07, 6.45) is 0. The van der Waals surface area contributed by atoms with Gasteiger partial charge in [0.15, 0.2) is 0 Å². The smallest absolute Gasteiger partial charge is 0.148 e. The standard InChI is InChI=1S/C10H9Br2N3OS/c1-13-10-8(14-15-17-10)5-16-9-6(11)3-2-4-7(9)12/h2-4,13H,5H2,1H3. The number of para-hydroxylation sites is 1. The summed E-state index contributed by atoms with van der Waals surface area (Å²) in [4.78, 5) is 0. The van der Waals surface area contributed by atoms with Crippen LogP contribution in [0.3, 0.4) is 0 Å². The van der Waals surface area contributed by atoms with Crippen LogP contribution in [-0.2, 0) is 6.61 Å². The van der Waals surface area contributed by atoms with E-state index in [1.807, 2.05) is 25.2 Å². The fraction of sp³-hybridized carbons (Fsp3) is 0.200. The van der Waals surface area contributed by atoms with Crippen molar-refractivity contribution >= 4 is 48.4 Å². The summed E-state index contributed by atoms with van der Waals surface area (Å²) in [7, 11) is 1.84. The second kappa shape index (κ2) is 5.79. The van der Waals surface area contributed by atoms with E-state index in [1.165, 1.54) is 11.5 Å². The maximum absolute atomic E-state index is 5.72. The number of halogens is 2. The van der Waals surface area contributed by atoms with Crippen LogP contribution in [0.2, 0.25) is 0 Å². The summed E-state index contributed by atoms with van der Waals surface area (Å²) in [5.74, 6) is 0.766. The number of ether oxygens (including phenoxy) is 1. The van der Waals surface area contributed by atoms with Gasteiger partial charge in [0.25, 0.3) is 0 Å². The Morgan fingerprint density at radius 1 is 1.35 bits per heavy atom. The molecule has 0 radical (unpaired) electrons. The lowest BCUT2D eigenvalue weighted by Crippen LogP contribution is -2.00. The zero-order valence-corrected chi connectivity index (χ0v) is 12.9. The maximum Gasteiger partial charge on any atom is 0.148 e. The van der Waals surface area contributed by atoms with E-state index in [0.29, 0.717) is 6.61 Å². The largest absolute Gasteiger partial charge is 0.485 e. The third-order valence-corrected chi connectivity index (χ3v) is 4.09. The molecule has 0 aliphatic carbocycles. The van der Waals surface area contributed by atoms with E-state index >= 15 is 0 Å². The summed E-state index contributed by atoms with van der Waals surface area (Å²) < 4.78 is 11.4. The molecule has 2 rings (SSSR count). The fourth-order valence-electron chi connectivity index (χ4n) is 1.25. The van der Waals surface area contributed by atoms with Gasteiger partial charge in [-0.3, -0.25) is 0 Å². The second-order valence-corrected chi connectivity index (χ2v) is 5.60. The molecule has 0 saturated carbocycles. The first-order chi connectivity index (χ1) is 8.22. The van der Waals surface area contributed by atoms with E-state index in [4.69, 9.17) is 4.74 Å². The van der Waals surface area contributed by atoms with Gasteiger partial charge in [-0.2, -0.15) is 0 Å². The van der Waals surface area contributed by atoms with Gasteiger partial charge in [-0.1, -0.05) is 10.6 Å². The van der Waals surface area contributed by atoms with Gasteiger partial charge in [-0.05, 0) is 44.0 Å². The molecule has 0 aliphatic rings. The lowest BCUT2D eigenvalue weighted by Gasteiger charge is -2.09. The highest BCUT2D eigenvalue weighted by molar-refractivity contribution is 9.11. The van der Waals surface area contributed by atoms with Gasteiger partial charge in [-0.25, -0.2) is 0 Å². The zero-order chi connectivity index (χ0) is 12.3. The Kier molecular flexibility index (Phi) is 4.36. The molecule has 17 heavy (non-hydrogen) atoms. The second-order valence-electron chi connectivity index (χ2n) is 3.14. The van der Waals surface area contributed by atoms with Crippen LogP contribution >= 0.6 is 43.4 Å². The molecule has 0 aliphatic heterocycles. The Hall–Kier alpha value is -0.660. The first-order valence-electron chi connectivity index (χ1n) is 4.78. The van der Waals surface area contributed by atoms with Gasteiger partial charge in [0, 0.05) is 18.6 Å². The van der Waals surface area contributed by atoms with Crippen LogP contribution in [0.1, 0.15) is 5.69 Å². The number of rotatable bonds is 4. The van der Waals surface area contributed by atoms with Crippen molar-refractivity contribution in [2.24, 2.45) is 0 Å².